The maximum atomic E-state index is 13.9. The third-order valence-electron chi connectivity index (χ3n) is 4.48. The lowest BCUT2D eigenvalue weighted by Gasteiger charge is -2.17. The smallest absolute Gasteiger partial charge is 0.252 e. The van der Waals surface area contributed by atoms with E-state index in [-0.39, 0.29) is 12.2 Å². The van der Waals surface area contributed by atoms with Gasteiger partial charge >= 0.3 is 0 Å². The van der Waals surface area contributed by atoms with Gasteiger partial charge in [-0.2, -0.15) is 0 Å². The number of halogens is 1. The monoisotopic (exact) mass is 370 g/mol. The summed E-state index contributed by atoms with van der Waals surface area (Å²) in [6.07, 6.45) is 0. The van der Waals surface area contributed by atoms with E-state index >= 15 is 0 Å². The average molecular weight is 370 g/mol. The van der Waals surface area contributed by atoms with Crippen molar-refractivity contribution in [1.29, 1.82) is 0 Å². The lowest BCUT2D eigenvalue weighted by molar-refractivity contribution is -0.119. The van der Waals surface area contributed by atoms with Crippen LogP contribution < -0.4 is 16.2 Å². The van der Waals surface area contributed by atoms with Crippen molar-refractivity contribution in [1.82, 2.24) is 0 Å². The second-order valence-corrected chi connectivity index (χ2v) is 6.25. The van der Waals surface area contributed by atoms with E-state index in [0.29, 0.717) is 33.6 Å². The van der Waals surface area contributed by atoms with Crippen molar-refractivity contribution < 1.29 is 23.1 Å². The van der Waals surface area contributed by atoms with Gasteiger partial charge < -0.3 is 20.6 Å². The van der Waals surface area contributed by atoms with Crippen molar-refractivity contribution in [3.63, 3.8) is 0 Å². The molecule has 0 aliphatic heterocycles. The van der Waals surface area contributed by atoms with Crippen LogP contribution in [0.25, 0.3) is 11.0 Å². The number of benzene rings is 2. The lowest BCUT2D eigenvalue weighted by atomic mass is 9.93. The van der Waals surface area contributed by atoms with E-state index in [1.807, 2.05) is 0 Å². The van der Waals surface area contributed by atoms with Crippen molar-refractivity contribution in [2.24, 2.45) is 11.5 Å². The molecule has 1 unspecified atom stereocenters. The zero-order valence-electron chi connectivity index (χ0n) is 14.9. The fourth-order valence-corrected chi connectivity index (χ4v) is 3.08. The molecule has 27 heavy (non-hydrogen) atoms. The minimum atomic E-state index is -0.778. The highest BCUT2D eigenvalue weighted by molar-refractivity contribution is 6.09. The first-order valence-electron chi connectivity index (χ1n) is 8.32. The number of carbonyl (C=O) groups excluding carboxylic acids is 2. The number of nitrogens with two attached hydrogens (primary N) is 2. The largest absolute Gasteiger partial charge is 0.488 e. The van der Waals surface area contributed by atoms with E-state index in [1.165, 1.54) is 6.07 Å². The summed E-state index contributed by atoms with van der Waals surface area (Å²) in [6.45, 7) is 3.15. The summed E-state index contributed by atoms with van der Waals surface area (Å²) in [5.74, 6) is -1.83. The highest BCUT2D eigenvalue weighted by Crippen LogP contribution is 2.39. The summed E-state index contributed by atoms with van der Waals surface area (Å²) in [5, 5.41) is 0.386. The van der Waals surface area contributed by atoms with Crippen LogP contribution in [-0.4, -0.2) is 11.8 Å². The highest BCUT2D eigenvalue weighted by Gasteiger charge is 2.27. The first kappa shape index (κ1) is 18.4. The summed E-state index contributed by atoms with van der Waals surface area (Å²) in [6, 6.07) is 9.43. The Kier molecular flexibility index (Phi) is 4.85. The summed E-state index contributed by atoms with van der Waals surface area (Å²) >= 11 is 0. The number of rotatable bonds is 6. The molecular formula is C20H19FN2O4. The van der Waals surface area contributed by atoms with Gasteiger partial charge in [-0.05, 0) is 32.0 Å². The van der Waals surface area contributed by atoms with E-state index in [0.717, 1.165) is 0 Å². The van der Waals surface area contributed by atoms with Gasteiger partial charge in [0, 0.05) is 16.5 Å². The number of primary amides is 2. The molecule has 0 bridgehead atoms. The van der Waals surface area contributed by atoms with Crippen LogP contribution >= 0.6 is 0 Å². The van der Waals surface area contributed by atoms with Gasteiger partial charge in [0.15, 0.2) is 0 Å². The van der Waals surface area contributed by atoms with E-state index < -0.39 is 23.5 Å². The molecule has 0 saturated heterocycles. The van der Waals surface area contributed by atoms with Gasteiger partial charge in [0.1, 0.15) is 29.5 Å². The third kappa shape index (κ3) is 3.36. The van der Waals surface area contributed by atoms with E-state index in [1.54, 1.807) is 44.2 Å². The summed E-state index contributed by atoms with van der Waals surface area (Å²) in [5.41, 5.74) is 12.3. The van der Waals surface area contributed by atoms with Crippen LogP contribution in [0.15, 0.2) is 40.8 Å². The second kappa shape index (κ2) is 7.11. The first-order valence-corrected chi connectivity index (χ1v) is 8.32. The van der Waals surface area contributed by atoms with Crippen LogP contribution in [0.5, 0.6) is 5.75 Å². The summed E-state index contributed by atoms with van der Waals surface area (Å²) in [7, 11) is 0. The number of hydrogen-bond donors (Lipinski definition) is 2. The molecule has 4 N–H and O–H groups in total. The number of carbonyl (C=O) groups is 2. The molecule has 7 heteroatoms. The van der Waals surface area contributed by atoms with Crippen molar-refractivity contribution in [3.8, 4) is 5.75 Å². The second-order valence-electron chi connectivity index (χ2n) is 6.25. The van der Waals surface area contributed by atoms with Gasteiger partial charge in [-0.3, -0.25) is 9.59 Å². The molecule has 0 fully saturated rings. The van der Waals surface area contributed by atoms with Crippen LogP contribution in [0.1, 0.15) is 40.1 Å². The van der Waals surface area contributed by atoms with Crippen LogP contribution in [0.2, 0.25) is 0 Å². The topological polar surface area (TPSA) is 109 Å². The Bertz CT molecular complexity index is 1040. The molecule has 6 nitrogen and oxygen atoms in total. The average Bonchev–Trinajstić information content (AvgIpc) is 2.96. The zero-order valence-corrected chi connectivity index (χ0v) is 14.9. The van der Waals surface area contributed by atoms with Gasteiger partial charge in [-0.15, -0.1) is 0 Å². The van der Waals surface area contributed by atoms with Gasteiger partial charge in [-0.25, -0.2) is 4.39 Å². The molecule has 2 amide bonds. The molecule has 1 heterocycles. The van der Waals surface area contributed by atoms with E-state index in [2.05, 4.69) is 0 Å². The Morgan fingerprint density at radius 1 is 1.19 bits per heavy atom. The van der Waals surface area contributed by atoms with Crippen molar-refractivity contribution in [2.75, 3.05) is 0 Å². The SMILES string of the molecule is Cc1oc2ccc(OCc3ccccc3F)c(C(C)C(N)=O)c2c1C(N)=O. The number of fused-ring (bicyclic) bond motifs is 1. The van der Waals surface area contributed by atoms with Crippen molar-refractivity contribution >= 4 is 22.8 Å². The van der Waals surface area contributed by atoms with Crippen molar-refractivity contribution in [3.05, 3.63) is 64.7 Å². The minimum absolute atomic E-state index is 0.0562. The molecule has 0 aliphatic carbocycles. The molecule has 1 atom stereocenters. The Labute approximate surface area is 154 Å². The molecule has 140 valence electrons. The lowest BCUT2D eigenvalue weighted by Crippen LogP contribution is -2.20. The normalized spacial score (nSPS) is 12.1. The number of hydrogen-bond acceptors (Lipinski definition) is 4. The number of amides is 2. The van der Waals surface area contributed by atoms with Crippen LogP contribution in [0, 0.1) is 12.7 Å². The van der Waals surface area contributed by atoms with E-state index in [4.69, 9.17) is 20.6 Å². The van der Waals surface area contributed by atoms with Gasteiger partial charge in [-0.1, -0.05) is 18.2 Å². The Hall–Kier alpha value is -3.35. The number of aryl methyl sites for hydroxylation is 1. The molecule has 2 aromatic carbocycles. The molecule has 0 aliphatic rings. The van der Waals surface area contributed by atoms with Crippen LogP contribution in [-0.2, 0) is 11.4 Å². The molecule has 3 rings (SSSR count). The molecule has 0 radical (unpaired) electrons. The molecule has 1 aromatic heterocycles. The number of ether oxygens (including phenoxy) is 1. The fraction of sp³-hybridized carbons (Fsp3) is 0.200. The predicted octanol–water partition coefficient (Wildman–Crippen LogP) is 3.15. The van der Waals surface area contributed by atoms with Crippen molar-refractivity contribution in [2.45, 2.75) is 26.4 Å². The standard InChI is InChI=1S/C20H19FN2O4/c1-10(19(22)24)16-14(26-9-12-5-3-4-6-13(12)21)7-8-15-18(16)17(20(23)25)11(2)27-15/h3-8,10H,9H2,1-2H3,(H2,22,24)(H2,23,25). The maximum Gasteiger partial charge on any atom is 0.252 e. The van der Waals surface area contributed by atoms with E-state index in [9.17, 15) is 14.0 Å². The molecule has 0 saturated carbocycles. The quantitative estimate of drug-likeness (QED) is 0.695. The fourth-order valence-electron chi connectivity index (χ4n) is 3.08. The van der Waals surface area contributed by atoms with Crippen LogP contribution in [0.4, 0.5) is 4.39 Å². The molecular weight excluding hydrogens is 351 g/mol. The maximum absolute atomic E-state index is 13.9. The Morgan fingerprint density at radius 3 is 2.52 bits per heavy atom. The highest BCUT2D eigenvalue weighted by atomic mass is 19.1. The van der Waals surface area contributed by atoms with Gasteiger partial charge in [0.25, 0.3) is 5.91 Å². The summed E-state index contributed by atoms with van der Waals surface area (Å²) < 4.78 is 25.3. The Morgan fingerprint density at radius 2 is 1.89 bits per heavy atom. The molecule has 0 spiro atoms. The van der Waals surface area contributed by atoms with Gasteiger partial charge in [0.2, 0.25) is 5.91 Å². The van der Waals surface area contributed by atoms with Gasteiger partial charge in [0.05, 0.1) is 11.5 Å². The Balaban J connectivity index is 2.15. The molecule has 3 aromatic rings. The predicted molar refractivity (Wildman–Crippen MR) is 97.8 cm³/mol. The summed E-state index contributed by atoms with van der Waals surface area (Å²) in [4.78, 5) is 23.8. The zero-order chi connectivity index (χ0) is 19.7. The first-order chi connectivity index (χ1) is 12.8. The third-order valence-corrected chi connectivity index (χ3v) is 4.48. The number of furan rings is 1. The minimum Gasteiger partial charge on any atom is -0.488 e. The van der Waals surface area contributed by atoms with Crippen LogP contribution in [0.3, 0.4) is 0 Å².